The van der Waals surface area contributed by atoms with Crippen molar-refractivity contribution in [2.75, 3.05) is 19.6 Å². The highest BCUT2D eigenvalue weighted by molar-refractivity contribution is 8.00. The minimum atomic E-state index is -0.128. The molecule has 1 aromatic carbocycles. The van der Waals surface area contributed by atoms with Gasteiger partial charge in [0.15, 0.2) is 0 Å². The largest absolute Gasteiger partial charge is 0.355 e. The van der Waals surface area contributed by atoms with Crippen molar-refractivity contribution in [2.45, 2.75) is 29.9 Å². The van der Waals surface area contributed by atoms with E-state index in [1.54, 1.807) is 0 Å². The molecule has 0 saturated carbocycles. The summed E-state index contributed by atoms with van der Waals surface area (Å²) < 4.78 is 0. The normalized spacial score (nSPS) is 18.9. The molecule has 0 aromatic heterocycles. The summed E-state index contributed by atoms with van der Waals surface area (Å²) in [5.41, 5.74) is 0. The van der Waals surface area contributed by atoms with Crippen LogP contribution >= 0.6 is 35.8 Å². The zero-order chi connectivity index (χ0) is 14.4. The lowest BCUT2D eigenvalue weighted by Gasteiger charge is -2.14. The zero-order valence-electron chi connectivity index (χ0n) is 12.1. The highest BCUT2D eigenvalue weighted by atomic mass is 35.5. The third kappa shape index (κ3) is 6.07. The Morgan fingerprint density at radius 2 is 2.29 bits per heavy atom. The Kier molecular flexibility index (Phi) is 8.49. The van der Waals surface area contributed by atoms with E-state index in [-0.39, 0.29) is 23.6 Å². The Morgan fingerprint density at radius 1 is 1.52 bits per heavy atom. The van der Waals surface area contributed by atoms with E-state index < -0.39 is 0 Å². The molecule has 1 aliphatic heterocycles. The zero-order valence-corrected chi connectivity index (χ0v) is 14.5. The van der Waals surface area contributed by atoms with Crippen LogP contribution in [0.4, 0.5) is 0 Å². The summed E-state index contributed by atoms with van der Waals surface area (Å²) in [5, 5.41) is 6.93. The molecule has 21 heavy (non-hydrogen) atoms. The lowest BCUT2D eigenvalue weighted by Crippen LogP contribution is -2.32. The summed E-state index contributed by atoms with van der Waals surface area (Å²) in [6.07, 6.45) is 2.28. The lowest BCUT2D eigenvalue weighted by molar-refractivity contribution is -0.120. The Hall–Kier alpha value is -0.420. The molecule has 3 nitrogen and oxygen atoms in total. The molecule has 1 heterocycles. The first-order valence-corrected chi connectivity index (χ1v) is 8.32. The molecule has 6 heteroatoms. The number of halogens is 2. The second kappa shape index (κ2) is 9.57. The van der Waals surface area contributed by atoms with Crippen LogP contribution in [-0.4, -0.2) is 30.8 Å². The van der Waals surface area contributed by atoms with Crippen LogP contribution in [0.1, 0.15) is 19.8 Å². The van der Waals surface area contributed by atoms with Gasteiger partial charge >= 0.3 is 0 Å². The van der Waals surface area contributed by atoms with E-state index in [4.69, 9.17) is 11.6 Å². The van der Waals surface area contributed by atoms with E-state index in [1.807, 2.05) is 31.2 Å². The van der Waals surface area contributed by atoms with Gasteiger partial charge in [0.1, 0.15) is 0 Å². The van der Waals surface area contributed by atoms with Crippen molar-refractivity contribution in [3.63, 3.8) is 0 Å². The van der Waals surface area contributed by atoms with E-state index in [1.165, 1.54) is 18.2 Å². The first kappa shape index (κ1) is 18.6. The second-order valence-corrected chi connectivity index (χ2v) is 6.92. The molecule has 0 aliphatic carbocycles. The molecule has 2 atom stereocenters. The molecule has 0 radical (unpaired) electrons. The fourth-order valence-corrected chi connectivity index (χ4v) is 3.47. The molecule has 1 saturated heterocycles. The van der Waals surface area contributed by atoms with Crippen LogP contribution in [0, 0.1) is 5.92 Å². The summed E-state index contributed by atoms with van der Waals surface area (Å²) in [6.45, 7) is 4.87. The van der Waals surface area contributed by atoms with Gasteiger partial charge in [-0.3, -0.25) is 4.79 Å². The third-order valence-corrected chi connectivity index (χ3v) is 5.14. The number of amides is 1. The molecule has 2 N–H and O–H groups in total. The van der Waals surface area contributed by atoms with Crippen molar-refractivity contribution in [3.8, 4) is 0 Å². The fourth-order valence-electron chi connectivity index (χ4n) is 2.29. The fraction of sp³-hybridized carbons (Fsp3) is 0.533. The van der Waals surface area contributed by atoms with Gasteiger partial charge in [-0.15, -0.1) is 24.2 Å². The number of carbonyl (C=O) groups excluding carboxylic acids is 1. The van der Waals surface area contributed by atoms with Crippen molar-refractivity contribution in [1.82, 2.24) is 10.6 Å². The molecule has 2 rings (SSSR count). The lowest BCUT2D eigenvalue weighted by atomic mass is 10.1. The van der Waals surface area contributed by atoms with Gasteiger partial charge in [0, 0.05) is 11.4 Å². The Bertz CT molecular complexity index is 453. The second-order valence-electron chi connectivity index (χ2n) is 5.13. The maximum atomic E-state index is 12.0. The smallest absolute Gasteiger partial charge is 0.233 e. The van der Waals surface area contributed by atoms with Gasteiger partial charge in [0.25, 0.3) is 0 Å². The van der Waals surface area contributed by atoms with Crippen molar-refractivity contribution in [1.29, 1.82) is 0 Å². The Morgan fingerprint density at radius 3 is 2.95 bits per heavy atom. The molecular formula is C15H22Cl2N2OS. The number of hydrogen-bond donors (Lipinski definition) is 2. The number of thioether (sulfide) groups is 1. The summed E-state index contributed by atoms with van der Waals surface area (Å²) in [6, 6.07) is 7.63. The quantitative estimate of drug-likeness (QED) is 0.774. The predicted octanol–water partition coefficient (Wildman–Crippen LogP) is 3.36. The molecule has 2 unspecified atom stereocenters. The van der Waals surface area contributed by atoms with E-state index in [0.29, 0.717) is 10.9 Å². The number of carbonyl (C=O) groups is 1. The number of benzene rings is 1. The van der Waals surface area contributed by atoms with Gasteiger partial charge in [-0.1, -0.05) is 23.7 Å². The van der Waals surface area contributed by atoms with Gasteiger partial charge in [-0.25, -0.2) is 0 Å². The van der Waals surface area contributed by atoms with E-state index in [0.717, 1.165) is 31.0 Å². The number of rotatable bonds is 6. The first-order chi connectivity index (χ1) is 9.66. The first-order valence-electron chi connectivity index (χ1n) is 7.06. The molecule has 0 spiro atoms. The maximum Gasteiger partial charge on any atom is 0.233 e. The van der Waals surface area contributed by atoms with Crippen molar-refractivity contribution < 1.29 is 4.79 Å². The monoisotopic (exact) mass is 348 g/mol. The average molecular weight is 349 g/mol. The molecule has 1 aliphatic rings. The highest BCUT2D eigenvalue weighted by Gasteiger charge is 2.17. The van der Waals surface area contributed by atoms with E-state index in [2.05, 4.69) is 10.6 Å². The minimum absolute atomic E-state index is 0. The molecule has 1 amide bonds. The number of hydrogen-bond acceptors (Lipinski definition) is 3. The van der Waals surface area contributed by atoms with Gasteiger partial charge in [0.05, 0.1) is 10.3 Å². The maximum absolute atomic E-state index is 12.0. The standard InChI is InChI=1S/C15H21ClN2OS.ClH/c1-11(20-14-5-3-2-4-13(14)16)15(19)18-9-7-12-6-8-17-10-12;/h2-5,11-12,17H,6-10H2,1H3,(H,18,19);1H. The third-order valence-electron chi connectivity index (χ3n) is 3.52. The molecule has 1 fully saturated rings. The summed E-state index contributed by atoms with van der Waals surface area (Å²) in [5.74, 6) is 0.794. The number of nitrogens with one attached hydrogen (secondary N) is 2. The molecule has 1 aromatic rings. The van der Waals surface area contributed by atoms with Crippen LogP contribution in [0.3, 0.4) is 0 Å². The highest BCUT2D eigenvalue weighted by Crippen LogP contribution is 2.29. The molecule has 118 valence electrons. The Labute approximate surface area is 142 Å². The summed E-state index contributed by atoms with van der Waals surface area (Å²) in [7, 11) is 0. The van der Waals surface area contributed by atoms with Crippen LogP contribution in [0.25, 0.3) is 0 Å². The predicted molar refractivity (Wildman–Crippen MR) is 92.6 cm³/mol. The topological polar surface area (TPSA) is 41.1 Å². The van der Waals surface area contributed by atoms with Crippen LogP contribution in [-0.2, 0) is 4.79 Å². The van der Waals surface area contributed by atoms with Crippen LogP contribution in [0.5, 0.6) is 0 Å². The van der Waals surface area contributed by atoms with Gasteiger partial charge in [0.2, 0.25) is 5.91 Å². The van der Waals surface area contributed by atoms with Gasteiger partial charge < -0.3 is 10.6 Å². The van der Waals surface area contributed by atoms with Crippen molar-refractivity contribution in [2.24, 2.45) is 5.92 Å². The molecule has 0 bridgehead atoms. The van der Waals surface area contributed by atoms with Gasteiger partial charge in [-0.05, 0) is 50.9 Å². The van der Waals surface area contributed by atoms with Crippen molar-refractivity contribution in [3.05, 3.63) is 29.3 Å². The summed E-state index contributed by atoms with van der Waals surface area (Å²) in [4.78, 5) is 13.0. The average Bonchev–Trinajstić information content (AvgIpc) is 2.94. The SMILES string of the molecule is CC(Sc1ccccc1Cl)C(=O)NCCC1CCNC1.Cl. The molecular weight excluding hydrogens is 327 g/mol. The van der Waals surface area contributed by atoms with E-state index >= 15 is 0 Å². The van der Waals surface area contributed by atoms with Crippen molar-refractivity contribution >= 4 is 41.7 Å². The van der Waals surface area contributed by atoms with Crippen LogP contribution < -0.4 is 10.6 Å². The van der Waals surface area contributed by atoms with Crippen LogP contribution in [0.15, 0.2) is 29.2 Å². The minimum Gasteiger partial charge on any atom is -0.355 e. The van der Waals surface area contributed by atoms with Crippen LogP contribution in [0.2, 0.25) is 5.02 Å². The van der Waals surface area contributed by atoms with E-state index in [9.17, 15) is 4.79 Å². The van der Waals surface area contributed by atoms with Gasteiger partial charge in [-0.2, -0.15) is 0 Å². The summed E-state index contributed by atoms with van der Waals surface area (Å²) >= 11 is 7.61. The Balaban J connectivity index is 0.00000220.